The van der Waals surface area contributed by atoms with Crippen molar-refractivity contribution in [3.05, 3.63) is 47.0 Å². The molecule has 29 heavy (non-hydrogen) atoms. The number of carbonyl (C=O) groups excluding carboxylic acids is 1. The van der Waals surface area contributed by atoms with Crippen LogP contribution >= 0.6 is 0 Å². The molecule has 3 rings (SSSR count). The predicted octanol–water partition coefficient (Wildman–Crippen LogP) is 2.61. The first-order valence-corrected chi connectivity index (χ1v) is 9.74. The van der Waals surface area contributed by atoms with Crippen LogP contribution in [0.5, 0.6) is 11.5 Å². The Morgan fingerprint density at radius 2 is 1.83 bits per heavy atom. The lowest BCUT2D eigenvalue weighted by molar-refractivity contribution is -0.135. The van der Waals surface area contributed by atoms with Crippen molar-refractivity contribution in [3.8, 4) is 11.5 Å². The zero-order valence-corrected chi connectivity index (χ0v) is 16.4. The molecule has 1 saturated carbocycles. The number of carboxylic acid groups (broad SMARTS) is 1. The van der Waals surface area contributed by atoms with E-state index in [1.165, 1.54) is 19.3 Å². The van der Waals surface area contributed by atoms with Gasteiger partial charge in [-0.05, 0) is 50.3 Å². The fourth-order valence-electron chi connectivity index (χ4n) is 3.35. The molecule has 1 heterocycles. The fraction of sp³-hybridized carbons (Fsp3) is 0.429. The van der Waals surface area contributed by atoms with Gasteiger partial charge in [0, 0.05) is 6.42 Å². The average molecular weight is 399 g/mol. The second kappa shape index (κ2) is 9.36. The molecule has 1 fully saturated rings. The van der Waals surface area contributed by atoms with Gasteiger partial charge >= 0.3 is 5.97 Å². The summed E-state index contributed by atoms with van der Waals surface area (Å²) in [6.07, 6.45) is 6.53. The molecular formula is C21H25N3O5. The number of nitrogens with zero attached hydrogens (tertiary/aromatic N) is 2. The Labute approximate surface area is 169 Å². The van der Waals surface area contributed by atoms with Crippen molar-refractivity contribution in [3.63, 3.8) is 0 Å². The van der Waals surface area contributed by atoms with E-state index in [1.807, 2.05) is 24.3 Å². The lowest BCUT2D eigenvalue weighted by atomic mass is 9.98. The highest BCUT2D eigenvalue weighted by Gasteiger charge is 2.19. The number of aliphatic carboxylic acids is 1. The molecule has 0 unspecified atom stereocenters. The van der Waals surface area contributed by atoms with Crippen LogP contribution in [0.15, 0.2) is 24.3 Å². The van der Waals surface area contributed by atoms with Crippen LogP contribution in [0.1, 0.15) is 59.7 Å². The molecule has 0 spiro atoms. The quantitative estimate of drug-likeness (QED) is 0.654. The number of aromatic nitrogens is 2. The van der Waals surface area contributed by atoms with Gasteiger partial charge in [0.2, 0.25) is 0 Å². The van der Waals surface area contributed by atoms with E-state index in [4.69, 9.17) is 9.84 Å². The number of aryl methyl sites for hydroxylation is 1. The first-order valence-electron chi connectivity index (χ1n) is 9.74. The summed E-state index contributed by atoms with van der Waals surface area (Å²) in [5.41, 5.74) is 0.960. The Kier molecular flexibility index (Phi) is 6.64. The van der Waals surface area contributed by atoms with Gasteiger partial charge in [-0.3, -0.25) is 9.59 Å². The average Bonchev–Trinajstić information content (AvgIpc) is 2.71. The van der Waals surface area contributed by atoms with Gasteiger partial charge in [0.25, 0.3) is 5.91 Å². The van der Waals surface area contributed by atoms with E-state index >= 15 is 0 Å². The Balaban J connectivity index is 1.69. The predicted molar refractivity (Wildman–Crippen MR) is 105 cm³/mol. The number of benzene rings is 1. The van der Waals surface area contributed by atoms with E-state index in [0.29, 0.717) is 12.2 Å². The molecule has 0 atom stereocenters. The van der Waals surface area contributed by atoms with Crippen LogP contribution in [0.3, 0.4) is 0 Å². The number of amides is 1. The van der Waals surface area contributed by atoms with E-state index in [-0.39, 0.29) is 23.2 Å². The van der Waals surface area contributed by atoms with E-state index in [1.54, 1.807) is 6.92 Å². The Morgan fingerprint density at radius 1 is 1.14 bits per heavy atom. The summed E-state index contributed by atoms with van der Waals surface area (Å²) in [7, 11) is 0. The van der Waals surface area contributed by atoms with Crippen LogP contribution in [0, 0.1) is 6.92 Å². The zero-order valence-electron chi connectivity index (χ0n) is 16.4. The molecule has 0 radical (unpaired) electrons. The molecule has 154 valence electrons. The van der Waals surface area contributed by atoms with Crippen LogP contribution in [0.25, 0.3) is 0 Å². The molecular weight excluding hydrogens is 374 g/mol. The molecule has 3 N–H and O–H groups in total. The van der Waals surface area contributed by atoms with Gasteiger partial charge in [-0.2, -0.15) is 0 Å². The topological polar surface area (TPSA) is 122 Å². The van der Waals surface area contributed by atoms with Gasteiger partial charge < -0.3 is 20.3 Å². The second-order valence-electron chi connectivity index (χ2n) is 7.20. The third-order valence-electron chi connectivity index (χ3n) is 4.86. The summed E-state index contributed by atoms with van der Waals surface area (Å²) < 4.78 is 6.03. The summed E-state index contributed by atoms with van der Waals surface area (Å²) in [5.74, 6) is -1.10. The minimum Gasteiger partial charge on any atom is -0.504 e. The Bertz CT molecular complexity index is 877. The standard InChI is InChI=1S/C21H25N3O5/c1-13-20(27)19(21(28)22-12-18(25)26)24-17(23-13)11-14-7-9-16(10-8-14)29-15-5-3-2-4-6-15/h7-10,15,27H,2-6,11-12H2,1H3,(H,22,28)(H,25,26). The van der Waals surface area contributed by atoms with Gasteiger partial charge in [-0.25, -0.2) is 9.97 Å². The third kappa shape index (κ3) is 5.66. The van der Waals surface area contributed by atoms with E-state index in [0.717, 1.165) is 24.2 Å². The van der Waals surface area contributed by atoms with Gasteiger partial charge in [0.15, 0.2) is 11.4 Å². The number of nitrogens with one attached hydrogen (secondary N) is 1. The highest BCUT2D eigenvalue weighted by molar-refractivity contribution is 5.96. The molecule has 0 saturated heterocycles. The fourth-order valence-corrected chi connectivity index (χ4v) is 3.35. The van der Waals surface area contributed by atoms with Gasteiger partial charge in [-0.15, -0.1) is 0 Å². The highest BCUT2D eigenvalue weighted by Crippen LogP contribution is 2.24. The minimum absolute atomic E-state index is 0.231. The van der Waals surface area contributed by atoms with Gasteiger partial charge in [0.05, 0.1) is 11.8 Å². The van der Waals surface area contributed by atoms with Crippen LogP contribution < -0.4 is 10.1 Å². The molecule has 2 aromatic rings. The first kappa shape index (κ1) is 20.6. The molecule has 1 aromatic heterocycles. The van der Waals surface area contributed by atoms with Crippen molar-refractivity contribution in [1.29, 1.82) is 0 Å². The monoisotopic (exact) mass is 399 g/mol. The number of aromatic hydroxyl groups is 1. The largest absolute Gasteiger partial charge is 0.504 e. The Hall–Kier alpha value is -3.16. The van der Waals surface area contributed by atoms with E-state index in [2.05, 4.69) is 15.3 Å². The van der Waals surface area contributed by atoms with Gasteiger partial charge in [-0.1, -0.05) is 18.6 Å². The molecule has 0 bridgehead atoms. The maximum absolute atomic E-state index is 12.1. The number of carboxylic acids is 1. The van der Waals surface area contributed by atoms with E-state index < -0.39 is 18.4 Å². The lowest BCUT2D eigenvalue weighted by Crippen LogP contribution is -2.30. The summed E-state index contributed by atoms with van der Waals surface area (Å²) in [6, 6.07) is 7.68. The molecule has 1 aromatic carbocycles. The second-order valence-corrected chi connectivity index (χ2v) is 7.20. The van der Waals surface area contributed by atoms with Crippen molar-refractivity contribution in [1.82, 2.24) is 15.3 Å². The van der Waals surface area contributed by atoms with Crippen LogP contribution in [-0.4, -0.2) is 44.7 Å². The normalized spacial score (nSPS) is 14.4. The molecule has 1 amide bonds. The molecule has 1 aliphatic rings. The summed E-state index contributed by atoms with van der Waals surface area (Å²) in [6.45, 7) is 1.01. The number of carbonyl (C=O) groups is 2. The number of hydrogen-bond donors (Lipinski definition) is 3. The lowest BCUT2D eigenvalue weighted by Gasteiger charge is -2.23. The summed E-state index contributed by atoms with van der Waals surface area (Å²) >= 11 is 0. The molecule has 8 nitrogen and oxygen atoms in total. The molecule has 0 aliphatic heterocycles. The van der Waals surface area contributed by atoms with Crippen molar-refractivity contribution in [2.24, 2.45) is 0 Å². The summed E-state index contributed by atoms with van der Waals surface area (Å²) in [5, 5.41) is 21.0. The molecule has 8 heteroatoms. The maximum Gasteiger partial charge on any atom is 0.322 e. The van der Waals surface area contributed by atoms with Crippen molar-refractivity contribution >= 4 is 11.9 Å². The van der Waals surface area contributed by atoms with Gasteiger partial charge in [0.1, 0.15) is 18.1 Å². The number of ether oxygens (including phenoxy) is 1. The van der Waals surface area contributed by atoms with E-state index in [9.17, 15) is 14.7 Å². The minimum atomic E-state index is -1.18. The third-order valence-corrected chi connectivity index (χ3v) is 4.86. The SMILES string of the molecule is Cc1nc(Cc2ccc(OC3CCCCC3)cc2)nc(C(=O)NCC(=O)O)c1O. The smallest absolute Gasteiger partial charge is 0.322 e. The van der Waals surface area contributed by atoms with Crippen LogP contribution in [0.2, 0.25) is 0 Å². The van der Waals surface area contributed by atoms with Crippen molar-refractivity contribution < 1.29 is 24.5 Å². The molecule has 1 aliphatic carbocycles. The highest BCUT2D eigenvalue weighted by atomic mass is 16.5. The maximum atomic E-state index is 12.1. The van der Waals surface area contributed by atoms with Crippen LogP contribution in [-0.2, 0) is 11.2 Å². The number of hydrogen-bond acceptors (Lipinski definition) is 6. The Morgan fingerprint density at radius 3 is 2.48 bits per heavy atom. The first-order chi connectivity index (χ1) is 13.9. The zero-order chi connectivity index (χ0) is 20.8. The number of rotatable bonds is 7. The summed E-state index contributed by atoms with van der Waals surface area (Å²) in [4.78, 5) is 31.1. The van der Waals surface area contributed by atoms with Crippen molar-refractivity contribution in [2.75, 3.05) is 6.54 Å². The van der Waals surface area contributed by atoms with Crippen LogP contribution in [0.4, 0.5) is 0 Å². The van der Waals surface area contributed by atoms with Crippen molar-refractivity contribution in [2.45, 2.75) is 51.6 Å².